The molecule has 1 rings (SSSR count). The maximum atomic E-state index is 11.7. The Morgan fingerprint density at radius 3 is 2.41 bits per heavy atom. The lowest BCUT2D eigenvalue weighted by molar-refractivity contribution is -0.153. The van der Waals surface area contributed by atoms with Gasteiger partial charge in [-0.1, -0.05) is 30.3 Å². The Bertz CT molecular complexity index is 434. The predicted molar refractivity (Wildman–Crippen MR) is 65.8 cm³/mol. The number of thiol groups is 1. The van der Waals surface area contributed by atoms with Crippen LogP contribution in [0.15, 0.2) is 30.3 Å². The smallest absolute Gasteiger partial charge is 0.303 e. The molecule has 5 nitrogen and oxygen atoms in total. The highest BCUT2D eigenvalue weighted by atomic mass is 32.1. The molecule has 0 heterocycles. The van der Waals surface area contributed by atoms with Gasteiger partial charge in [0, 0.05) is 12.5 Å². The number of carbonyl (C=O) groups is 2. The first-order valence-electron chi connectivity index (χ1n) is 4.81. The van der Waals surface area contributed by atoms with Crippen molar-refractivity contribution in [1.82, 2.24) is 5.32 Å². The van der Waals surface area contributed by atoms with Crippen molar-refractivity contribution in [3.05, 3.63) is 35.9 Å². The number of ether oxygens (including phenoxy) is 1. The predicted octanol–water partition coefficient (Wildman–Crippen LogP) is 1.27. The third kappa shape index (κ3) is 4.28. The molecule has 0 aliphatic carbocycles. The van der Waals surface area contributed by atoms with Gasteiger partial charge in [0.05, 0.1) is 0 Å². The zero-order chi connectivity index (χ0) is 12.8. The van der Waals surface area contributed by atoms with Crippen molar-refractivity contribution in [3.63, 3.8) is 0 Å². The highest BCUT2D eigenvalue weighted by Gasteiger charge is 2.23. The first-order valence-corrected chi connectivity index (χ1v) is 5.26. The van der Waals surface area contributed by atoms with E-state index in [1.807, 2.05) is 0 Å². The van der Waals surface area contributed by atoms with Crippen LogP contribution in [0, 0.1) is 5.41 Å². The molecular weight excluding hydrogens is 240 g/mol. The SMILES string of the molecule is CC(=O)O[C@@H](C(=O)NC(=N)S)c1ccccc1. The lowest BCUT2D eigenvalue weighted by atomic mass is 10.1. The summed E-state index contributed by atoms with van der Waals surface area (Å²) < 4.78 is 4.92. The van der Waals surface area contributed by atoms with Crippen LogP contribution in [0.25, 0.3) is 0 Å². The summed E-state index contributed by atoms with van der Waals surface area (Å²) in [5.41, 5.74) is 0.537. The second kappa shape index (κ2) is 6.05. The van der Waals surface area contributed by atoms with Crippen LogP contribution in [0.3, 0.4) is 0 Å². The average Bonchev–Trinajstić information content (AvgIpc) is 2.25. The normalized spacial score (nSPS) is 11.4. The third-order valence-corrected chi connectivity index (χ3v) is 1.98. The van der Waals surface area contributed by atoms with Gasteiger partial charge < -0.3 is 10.1 Å². The van der Waals surface area contributed by atoms with E-state index in [4.69, 9.17) is 10.1 Å². The van der Waals surface area contributed by atoms with Crippen LogP contribution < -0.4 is 5.32 Å². The summed E-state index contributed by atoms with van der Waals surface area (Å²) in [6.45, 7) is 1.22. The number of nitrogens with one attached hydrogen (secondary N) is 2. The summed E-state index contributed by atoms with van der Waals surface area (Å²) in [6, 6.07) is 8.56. The number of esters is 1. The van der Waals surface area contributed by atoms with Crippen LogP contribution in [0.5, 0.6) is 0 Å². The number of carbonyl (C=O) groups excluding carboxylic acids is 2. The first-order chi connectivity index (χ1) is 8.00. The van der Waals surface area contributed by atoms with Crippen molar-refractivity contribution >= 4 is 29.7 Å². The van der Waals surface area contributed by atoms with Gasteiger partial charge in [0.15, 0.2) is 5.17 Å². The van der Waals surface area contributed by atoms with E-state index in [0.717, 1.165) is 0 Å². The van der Waals surface area contributed by atoms with Crippen LogP contribution in [-0.4, -0.2) is 17.0 Å². The quantitative estimate of drug-likeness (QED) is 0.328. The second-order valence-corrected chi connectivity index (χ2v) is 3.69. The first kappa shape index (κ1) is 13.2. The van der Waals surface area contributed by atoms with Gasteiger partial charge in [-0.15, -0.1) is 12.6 Å². The summed E-state index contributed by atoms with van der Waals surface area (Å²) in [5.74, 6) is -1.17. The maximum absolute atomic E-state index is 11.7. The van der Waals surface area contributed by atoms with E-state index in [0.29, 0.717) is 5.56 Å². The van der Waals surface area contributed by atoms with E-state index in [1.54, 1.807) is 30.3 Å². The molecule has 17 heavy (non-hydrogen) atoms. The van der Waals surface area contributed by atoms with Crippen LogP contribution in [-0.2, 0) is 14.3 Å². The molecule has 1 atom stereocenters. The number of hydrogen-bond donors (Lipinski definition) is 3. The van der Waals surface area contributed by atoms with Gasteiger partial charge >= 0.3 is 5.97 Å². The topological polar surface area (TPSA) is 79.2 Å². The Morgan fingerprint density at radius 1 is 1.35 bits per heavy atom. The van der Waals surface area contributed by atoms with Crippen LogP contribution >= 0.6 is 12.6 Å². The van der Waals surface area contributed by atoms with Crippen molar-refractivity contribution in [2.75, 3.05) is 0 Å². The monoisotopic (exact) mass is 252 g/mol. The Morgan fingerprint density at radius 2 is 1.94 bits per heavy atom. The van der Waals surface area contributed by atoms with E-state index < -0.39 is 18.0 Å². The summed E-state index contributed by atoms with van der Waals surface area (Å²) in [7, 11) is 0. The lowest BCUT2D eigenvalue weighted by Gasteiger charge is -2.16. The van der Waals surface area contributed by atoms with E-state index in [9.17, 15) is 9.59 Å². The zero-order valence-electron chi connectivity index (χ0n) is 9.14. The molecule has 6 heteroatoms. The number of amidine groups is 1. The number of rotatable bonds is 3. The van der Waals surface area contributed by atoms with Crippen LogP contribution in [0.2, 0.25) is 0 Å². The highest BCUT2D eigenvalue weighted by Crippen LogP contribution is 2.17. The summed E-state index contributed by atoms with van der Waals surface area (Å²) in [6.07, 6.45) is -1.07. The molecule has 0 aromatic heterocycles. The van der Waals surface area contributed by atoms with E-state index in [2.05, 4.69) is 17.9 Å². The minimum atomic E-state index is -1.07. The Kier molecular flexibility index (Phi) is 4.71. The van der Waals surface area contributed by atoms with Gasteiger partial charge in [-0.25, -0.2) is 0 Å². The maximum Gasteiger partial charge on any atom is 0.303 e. The van der Waals surface area contributed by atoms with Crippen LogP contribution in [0.4, 0.5) is 0 Å². The zero-order valence-corrected chi connectivity index (χ0v) is 10.0. The van der Waals surface area contributed by atoms with Gasteiger partial charge in [0.1, 0.15) is 0 Å². The number of hydrogen-bond acceptors (Lipinski definition) is 4. The lowest BCUT2D eigenvalue weighted by Crippen LogP contribution is -2.33. The molecule has 2 N–H and O–H groups in total. The molecule has 1 aromatic rings. The number of amides is 1. The number of benzene rings is 1. The minimum Gasteiger partial charge on any atom is -0.447 e. The molecule has 0 saturated heterocycles. The molecule has 0 saturated carbocycles. The van der Waals surface area contributed by atoms with Crippen molar-refractivity contribution in [2.24, 2.45) is 0 Å². The molecule has 0 spiro atoms. The molecule has 0 unspecified atom stereocenters. The standard InChI is InChI=1S/C11H12N2O3S/c1-7(14)16-9(10(15)13-11(12)17)8-5-3-2-4-6-8/h2-6,9H,1H3,(H3,12,13,15,17)/t9-/m1/s1. The molecule has 0 bridgehead atoms. The highest BCUT2D eigenvalue weighted by molar-refractivity contribution is 7.96. The Hall–Kier alpha value is -1.82. The fraction of sp³-hybridized carbons (Fsp3) is 0.182. The molecule has 90 valence electrons. The fourth-order valence-corrected chi connectivity index (χ4v) is 1.36. The fourth-order valence-electron chi connectivity index (χ4n) is 1.25. The van der Waals surface area contributed by atoms with Gasteiger partial charge in [-0.3, -0.25) is 15.0 Å². The van der Waals surface area contributed by atoms with Gasteiger partial charge in [-0.2, -0.15) is 0 Å². The average molecular weight is 252 g/mol. The largest absolute Gasteiger partial charge is 0.447 e. The molecule has 0 aliphatic heterocycles. The van der Waals surface area contributed by atoms with Crippen molar-refractivity contribution in [1.29, 1.82) is 5.41 Å². The molecular formula is C11H12N2O3S. The summed E-state index contributed by atoms with van der Waals surface area (Å²) in [4.78, 5) is 22.7. The molecule has 0 radical (unpaired) electrons. The van der Waals surface area contributed by atoms with Gasteiger partial charge in [0.2, 0.25) is 6.10 Å². The molecule has 1 amide bonds. The van der Waals surface area contributed by atoms with E-state index >= 15 is 0 Å². The molecule has 0 aliphatic rings. The van der Waals surface area contributed by atoms with Crippen molar-refractivity contribution in [2.45, 2.75) is 13.0 Å². The Balaban J connectivity index is 2.92. The summed E-state index contributed by atoms with van der Waals surface area (Å²) >= 11 is 3.65. The Labute approximate surface area is 104 Å². The van der Waals surface area contributed by atoms with Crippen LogP contribution in [0.1, 0.15) is 18.6 Å². The minimum absolute atomic E-state index is 0.303. The molecule has 1 aromatic carbocycles. The molecule has 0 fully saturated rings. The van der Waals surface area contributed by atoms with Crippen molar-refractivity contribution in [3.8, 4) is 0 Å². The van der Waals surface area contributed by atoms with E-state index in [-0.39, 0.29) is 5.17 Å². The van der Waals surface area contributed by atoms with E-state index in [1.165, 1.54) is 6.92 Å². The summed E-state index contributed by atoms with van der Waals surface area (Å²) in [5, 5.41) is 8.93. The second-order valence-electron chi connectivity index (χ2n) is 3.24. The van der Waals surface area contributed by atoms with Gasteiger partial charge in [-0.05, 0) is 0 Å². The van der Waals surface area contributed by atoms with Gasteiger partial charge in [0.25, 0.3) is 5.91 Å². The van der Waals surface area contributed by atoms with Crippen molar-refractivity contribution < 1.29 is 14.3 Å². The third-order valence-electron chi connectivity index (χ3n) is 1.87.